The lowest BCUT2D eigenvalue weighted by Crippen LogP contribution is -2.13. The highest BCUT2D eigenvalue weighted by Gasteiger charge is 2.14. The average molecular weight is 322 g/mol. The minimum atomic E-state index is -1.73. The number of hydrogen-bond donors (Lipinski definition) is 2. The molecule has 0 aromatic heterocycles. The van der Waals surface area contributed by atoms with E-state index in [1.807, 2.05) is 0 Å². The summed E-state index contributed by atoms with van der Waals surface area (Å²) in [6, 6.07) is 0. The maximum absolute atomic E-state index is 12.7. The van der Waals surface area contributed by atoms with Crippen LogP contribution < -0.4 is 0 Å². The minimum absolute atomic E-state index is 0.0985. The van der Waals surface area contributed by atoms with E-state index in [9.17, 15) is 18.4 Å². The highest BCUT2D eigenvalue weighted by Crippen LogP contribution is 2.14. The second-order valence-electron chi connectivity index (χ2n) is 5.72. The summed E-state index contributed by atoms with van der Waals surface area (Å²) in [5.74, 6) is -2.75. The summed E-state index contributed by atoms with van der Waals surface area (Å²) in [4.78, 5) is 20.5. The molecule has 6 heteroatoms. The number of halogens is 2. The Morgan fingerprint density at radius 2 is 0.818 bits per heavy atom. The molecular weight excluding hydrogens is 294 g/mol. The van der Waals surface area contributed by atoms with Gasteiger partial charge >= 0.3 is 11.9 Å². The topological polar surface area (TPSA) is 74.6 Å². The van der Waals surface area contributed by atoms with Gasteiger partial charge in [0.25, 0.3) is 0 Å². The summed E-state index contributed by atoms with van der Waals surface area (Å²) < 4.78 is 25.5. The van der Waals surface area contributed by atoms with Crippen LogP contribution in [0.2, 0.25) is 0 Å². The van der Waals surface area contributed by atoms with Crippen LogP contribution in [0.15, 0.2) is 0 Å². The van der Waals surface area contributed by atoms with Crippen LogP contribution in [0.4, 0.5) is 8.78 Å². The van der Waals surface area contributed by atoms with Crippen molar-refractivity contribution in [1.29, 1.82) is 0 Å². The van der Waals surface area contributed by atoms with Gasteiger partial charge < -0.3 is 10.2 Å². The molecule has 2 unspecified atom stereocenters. The number of carboxylic acid groups (broad SMARTS) is 2. The van der Waals surface area contributed by atoms with Crippen LogP contribution in [-0.4, -0.2) is 34.5 Å². The van der Waals surface area contributed by atoms with Gasteiger partial charge in [-0.25, -0.2) is 18.4 Å². The second kappa shape index (κ2) is 13.5. The van der Waals surface area contributed by atoms with Gasteiger partial charge in [-0.1, -0.05) is 51.4 Å². The Morgan fingerprint density at radius 3 is 1.05 bits per heavy atom. The van der Waals surface area contributed by atoms with Gasteiger partial charge in [0.15, 0.2) is 12.3 Å². The SMILES string of the molecule is O=C(O)C(F)CCCCCCCCCCCCC(F)C(=O)O. The summed E-state index contributed by atoms with van der Waals surface area (Å²) >= 11 is 0. The third-order valence-electron chi connectivity index (χ3n) is 3.70. The molecule has 0 rings (SSSR count). The van der Waals surface area contributed by atoms with Gasteiger partial charge in [0, 0.05) is 0 Å². The van der Waals surface area contributed by atoms with Gasteiger partial charge in [0.1, 0.15) is 0 Å². The fourth-order valence-corrected chi connectivity index (χ4v) is 2.31. The van der Waals surface area contributed by atoms with Crippen molar-refractivity contribution in [2.75, 3.05) is 0 Å². The van der Waals surface area contributed by atoms with Crippen LogP contribution in [0, 0.1) is 0 Å². The lowest BCUT2D eigenvalue weighted by molar-refractivity contribution is -0.143. The van der Waals surface area contributed by atoms with Crippen molar-refractivity contribution < 1.29 is 28.6 Å². The van der Waals surface area contributed by atoms with Crippen LogP contribution in [-0.2, 0) is 9.59 Å². The van der Waals surface area contributed by atoms with Crippen molar-refractivity contribution in [3.8, 4) is 0 Å². The van der Waals surface area contributed by atoms with Crippen LogP contribution in [0.3, 0.4) is 0 Å². The first-order valence-electron chi connectivity index (χ1n) is 8.19. The maximum atomic E-state index is 12.7. The zero-order valence-corrected chi connectivity index (χ0v) is 13.1. The molecule has 22 heavy (non-hydrogen) atoms. The Kier molecular flexibility index (Phi) is 12.7. The molecule has 0 radical (unpaired) electrons. The molecule has 0 spiro atoms. The van der Waals surface area contributed by atoms with Gasteiger partial charge in [-0.2, -0.15) is 0 Å². The molecule has 0 heterocycles. The average Bonchev–Trinajstić information content (AvgIpc) is 2.47. The van der Waals surface area contributed by atoms with Crippen molar-refractivity contribution in [1.82, 2.24) is 0 Å². The van der Waals surface area contributed by atoms with Crippen molar-refractivity contribution in [3.05, 3.63) is 0 Å². The quantitative estimate of drug-likeness (QED) is 0.435. The standard InChI is InChI=1S/C16H28F2O4/c17-13(15(19)20)11-9-7-5-3-1-2-4-6-8-10-12-14(18)16(21)22/h13-14H,1-12H2,(H,19,20)(H,21,22). The molecule has 130 valence electrons. The molecule has 0 saturated carbocycles. The Morgan fingerprint density at radius 1 is 0.591 bits per heavy atom. The number of aliphatic carboxylic acids is 2. The minimum Gasteiger partial charge on any atom is -0.479 e. The maximum Gasteiger partial charge on any atom is 0.338 e. The monoisotopic (exact) mass is 322 g/mol. The van der Waals surface area contributed by atoms with Gasteiger partial charge in [-0.05, 0) is 25.7 Å². The third-order valence-corrected chi connectivity index (χ3v) is 3.70. The first-order chi connectivity index (χ1) is 10.4. The molecular formula is C16H28F2O4. The van der Waals surface area contributed by atoms with E-state index in [1.54, 1.807) is 0 Å². The number of rotatable bonds is 15. The number of unbranched alkanes of at least 4 members (excludes halogenated alkanes) is 9. The normalized spacial score (nSPS) is 13.7. The summed E-state index contributed by atoms with van der Waals surface area (Å²) in [7, 11) is 0. The summed E-state index contributed by atoms with van der Waals surface area (Å²) in [6.07, 6.45) is 5.99. The highest BCUT2D eigenvalue weighted by molar-refractivity contribution is 5.72. The summed E-state index contributed by atoms with van der Waals surface area (Å²) in [5.41, 5.74) is 0. The fourth-order valence-electron chi connectivity index (χ4n) is 2.31. The first kappa shape index (κ1) is 20.8. The van der Waals surface area contributed by atoms with Gasteiger partial charge in [-0.15, -0.1) is 0 Å². The largest absolute Gasteiger partial charge is 0.479 e. The number of hydrogen-bond acceptors (Lipinski definition) is 2. The molecule has 4 nitrogen and oxygen atoms in total. The zero-order valence-electron chi connectivity index (χ0n) is 13.1. The van der Waals surface area contributed by atoms with E-state index in [4.69, 9.17) is 10.2 Å². The van der Waals surface area contributed by atoms with E-state index < -0.39 is 24.3 Å². The molecule has 0 aromatic rings. The fraction of sp³-hybridized carbons (Fsp3) is 0.875. The molecule has 0 aliphatic rings. The van der Waals surface area contributed by atoms with E-state index in [1.165, 1.54) is 0 Å². The molecule has 0 amide bonds. The first-order valence-corrected chi connectivity index (χ1v) is 8.19. The van der Waals surface area contributed by atoms with Crippen LogP contribution in [0.25, 0.3) is 0 Å². The van der Waals surface area contributed by atoms with Gasteiger partial charge in [0.2, 0.25) is 0 Å². The molecule has 2 N–H and O–H groups in total. The Bertz CT molecular complexity index is 281. The summed E-state index contributed by atoms with van der Waals surface area (Å²) in [6.45, 7) is 0. The molecule has 0 fully saturated rings. The van der Waals surface area contributed by atoms with Gasteiger partial charge in [-0.3, -0.25) is 0 Å². The molecule has 0 aliphatic carbocycles. The van der Waals surface area contributed by atoms with Gasteiger partial charge in [0.05, 0.1) is 0 Å². The van der Waals surface area contributed by atoms with E-state index >= 15 is 0 Å². The molecule has 0 aromatic carbocycles. The zero-order chi connectivity index (χ0) is 16.8. The Hall–Kier alpha value is -1.20. The Labute approximate surface area is 130 Å². The van der Waals surface area contributed by atoms with E-state index in [0.717, 1.165) is 51.4 Å². The van der Waals surface area contributed by atoms with Crippen LogP contribution >= 0.6 is 0 Å². The third kappa shape index (κ3) is 12.5. The van der Waals surface area contributed by atoms with Crippen molar-refractivity contribution in [2.24, 2.45) is 0 Å². The molecule has 2 atom stereocenters. The second-order valence-corrected chi connectivity index (χ2v) is 5.72. The van der Waals surface area contributed by atoms with Crippen molar-refractivity contribution in [3.63, 3.8) is 0 Å². The van der Waals surface area contributed by atoms with Crippen molar-refractivity contribution >= 4 is 11.9 Å². The van der Waals surface area contributed by atoms with E-state index in [-0.39, 0.29) is 12.8 Å². The molecule has 0 aliphatic heterocycles. The number of alkyl halides is 2. The van der Waals surface area contributed by atoms with E-state index in [0.29, 0.717) is 12.8 Å². The smallest absolute Gasteiger partial charge is 0.338 e. The highest BCUT2D eigenvalue weighted by atomic mass is 19.1. The van der Waals surface area contributed by atoms with Crippen molar-refractivity contribution in [2.45, 2.75) is 89.4 Å². The lowest BCUT2D eigenvalue weighted by atomic mass is 10.0. The van der Waals surface area contributed by atoms with E-state index in [2.05, 4.69) is 0 Å². The predicted octanol–water partition coefficient (Wildman–Crippen LogP) is 4.51. The molecule has 0 saturated heterocycles. The predicted molar refractivity (Wildman–Crippen MR) is 80.5 cm³/mol. The Balaban J connectivity index is 3.18. The number of carboxylic acids is 2. The lowest BCUT2D eigenvalue weighted by Gasteiger charge is -2.04. The molecule has 0 bridgehead atoms. The summed E-state index contributed by atoms with van der Waals surface area (Å²) in [5, 5.41) is 16.8. The number of carbonyl (C=O) groups is 2. The van der Waals surface area contributed by atoms with Crippen LogP contribution in [0.5, 0.6) is 0 Å². The van der Waals surface area contributed by atoms with Crippen LogP contribution in [0.1, 0.15) is 77.0 Å².